The molecular formula is C16H22ClNO. The van der Waals surface area contributed by atoms with Gasteiger partial charge in [-0.15, -0.1) is 0 Å². The zero-order chi connectivity index (χ0) is 13.8. The van der Waals surface area contributed by atoms with Gasteiger partial charge in [0, 0.05) is 16.6 Å². The molecule has 1 saturated carbocycles. The number of hydrogen-bond donors (Lipinski definition) is 1. The van der Waals surface area contributed by atoms with Crippen LogP contribution in [-0.4, -0.2) is 5.91 Å². The summed E-state index contributed by atoms with van der Waals surface area (Å²) in [6.07, 6.45) is 4.86. The van der Waals surface area contributed by atoms with Gasteiger partial charge in [0.15, 0.2) is 0 Å². The number of hydrogen-bond acceptors (Lipinski definition) is 1. The molecule has 1 N–H and O–H groups in total. The number of carbonyl (C=O) groups excluding carboxylic acids is 1. The van der Waals surface area contributed by atoms with Crippen LogP contribution in [0.3, 0.4) is 0 Å². The monoisotopic (exact) mass is 279 g/mol. The van der Waals surface area contributed by atoms with E-state index in [-0.39, 0.29) is 11.8 Å². The van der Waals surface area contributed by atoms with Crippen molar-refractivity contribution in [1.29, 1.82) is 0 Å². The van der Waals surface area contributed by atoms with Crippen LogP contribution < -0.4 is 5.32 Å². The molecule has 0 saturated heterocycles. The highest BCUT2D eigenvalue weighted by Crippen LogP contribution is 2.33. The molecule has 2 rings (SSSR count). The van der Waals surface area contributed by atoms with E-state index in [1.165, 1.54) is 25.7 Å². The number of anilines is 1. The Morgan fingerprint density at radius 2 is 1.79 bits per heavy atom. The van der Waals surface area contributed by atoms with E-state index >= 15 is 0 Å². The van der Waals surface area contributed by atoms with Crippen LogP contribution in [0.25, 0.3) is 0 Å². The Hall–Kier alpha value is -1.02. The number of amides is 1. The van der Waals surface area contributed by atoms with Crippen LogP contribution in [-0.2, 0) is 4.79 Å². The van der Waals surface area contributed by atoms with Crippen molar-refractivity contribution < 1.29 is 4.79 Å². The summed E-state index contributed by atoms with van der Waals surface area (Å²) in [6, 6.07) is 7.28. The minimum atomic E-state index is 0.0863. The van der Waals surface area contributed by atoms with Crippen LogP contribution in [0.5, 0.6) is 0 Å². The first-order valence-electron chi connectivity index (χ1n) is 7.12. The largest absolute Gasteiger partial charge is 0.326 e. The van der Waals surface area contributed by atoms with Gasteiger partial charge < -0.3 is 5.32 Å². The second kappa shape index (κ2) is 6.42. The van der Waals surface area contributed by atoms with Crippen molar-refractivity contribution in [2.24, 2.45) is 17.8 Å². The summed E-state index contributed by atoms with van der Waals surface area (Å²) in [6.45, 7) is 4.35. The van der Waals surface area contributed by atoms with Crippen molar-refractivity contribution in [2.45, 2.75) is 39.5 Å². The van der Waals surface area contributed by atoms with Crippen molar-refractivity contribution in [3.63, 3.8) is 0 Å². The Balaban J connectivity index is 1.90. The van der Waals surface area contributed by atoms with E-state index in [1.807, 2.05) is 19.1 Å². The maximum Gasteiger partial charge on any atom is 0.227 e. The third kappa shape index (κ3) is 3.97. The maximum atomic E-state index is 12.2. The molecule has 0 unspecified atom stereocenters. The standard InChI is InChI=1S/C16H22ClNO/c1-11-3-5-13(6-4-11)12(2)16(19)18-15-9-7-14(17)8-10-15/h7-13H,3-6H2,1-2H3,(H,18,19)/t11?,12-,13?/m1/s1. The predicted molar refractivity (Wildman–Crippen MR) is 80.4 cm³/mol. The summed E-state index contributed by atoms with van der Waals surface area (Å²) in [5.41, 5.74) is 0.824. The summed E-state index contributed by atoms with van der Waals surface area (Å²) < 4.78 is 0. The van der Waals surface area contributed by atoms with E-state index in [2.05, 4.69) is 12.2 Å². The number of halogens is 1. The molecule has 1 amide bonds. The summed E-state index contributed by atoms with van der Waals surface area (Å²) in [4.78, 5) is 12.2. The highest BCUT2D eigenvalue weighted by atomic mass is 35.5. The SMILES string of the molecule is CC1CCC([C@@H](C)C(=O)Nc2ccc(Cl)cc2)CC1. The lowest BCUT2D eigenvalue weighted by Gasteiger charge is -2.30. The minimum absolute atomic E-state index is 0.0863. The van der Waals surface area contributed by atoms with Gasteiger partial charge in [0.1, 0.15) is 0 Å². The molecule has 1 aliphatic carbocycles. The van der Waals surface area contributed by atoms with Crippen LogP contribution in [0, 0.1) is 17.8 Å². The van der Waals surface area contributed by atoms with Gasteiger partial charge in [-0.2, -0.15) is 0 Å². The fourth-order valence-corrected chi connectivity index (χ4v) is 2.92. The van der Waals surface area contributed by atoms with Gasteiger partial charge in [-0.3, -0.25) is 4.79 Å². The fraction of sp³-hybridized carbons (Fsp3) is 0.562. The second-order valence-electron chi connectivity index (χ2n) is 5.80. The average molecular weight is 280 g/mol. The van der Waals surface area contributed by atoms with Gasteiger partial charge in [0.2, 0.25) is 5.91 Å². The Labute approximate surface area is 120 Å². The maximum absolute atomic E-state index is 12.2. The van der Waals surface area contributed by atoms with E-state index < -0.39 is 0 Å². The molecule has 1 aliphatic rings. The first-order valence-corrected chi connectivity index (χ1v) is 7.50. The molecule has 104 valence electrons. The van der Waals surface area contributed by atoms with Crippen molar-refractivity contribution in [2.75, 3.05) is 5.32 Å². The molecule has 0 aromatic heterocycles. The molecule has 1 atom stereocenters. The van der Waals surface area contributed by atoms with Gasteiger partial charge >= 0.3 is 0 Å². The van der Waals surface area contributed by atoms with Crippen LogP contribution in [0.4, 0.5) is 5.69 Å². The fourth-order valence-electron chi connectivity index (χ4n) is 2.79. The average Bonchev–Trinajstić information content (AvgIpc) is 2.41. The highest BCUT2D eigenvalue weighted by Gasteiger charge is 2.27. The molecule has 1 aromatic rings. The number of benzene rings is 1. The Morgan fingerprint density at radius 3 is 2.37 bits per heavy atom. The van der Waals surface area contributed by atoms with E-state index in [1.54, 1.807) is 12.1 Å². The first-order chi connectivity index (χ1) is 9.06. The van der Waals surface area contributed by atoms with Gasteiger partial charge in [0.05, 0.1) is 0 Å². The van der Waals surface area contributed by atoms with Gasteiger partial charge in [-0.05, 0) is 48.9 Å². The van der Waals surface area contributed by atoms with Crippen LogP contribution in [0.2, 0.25) is 5.02 Å². The number of nitrogens with one attached hydrogen (secondary N) is 1. The third-order valence-electron chi connectivity index (χ3n) is 4.29. The van der Waals surface area contributed by atoms with Crippen LogP contribution >= 0.6 is 11.6 Å². The second-order valence-corrected chi connectivity index (χ2v) is 6.24. The lowest BCUT2D eigenvalue weighted by Crippen LogP contribution is -2.29. The molecule has 0 spiro atoms. The summed E-state index contributed by atoms with van der Waals surface area (Å²) >= 11 is 5.83. The zero-order valence-corrected chi connectivity index (χ0v) is 12.4. The predicted octanol–water partition coefficient (Wildman–Crippen LogP) is 4.74. The quantitative estimate of drug-likeness (QED) is 0.851. The third-order valence-corrected chi connectivity index (χ3v) is 4.54. The topological polar surface area (TPSA) is 29.1 Å². The van der Waals surface area contributed by atoms with Crippen LogP contribution in [0.1, 0.15) is 39.5 Å². The van der Waals surface area contributed by atoms with Gasteiger partial charge in [0.25, 0.3) is 0 Å². The lowest BCUT2D eigenvalue weighted by atomic mass is 9.76. The normalized spacial score (nSPS) is 24.8. The number of carbonyl (C=O) groups is 1. The van der Waals surface area contributed by atoms with E-state index in [0.717, 1.165) is 11.6 Å². The van der Waals surface area contributed by atoms with Gasteiger partial charge in [-0.1, -0.05) is 38.3 Å². The van der Waals surface area contributed by atoms with Gasteiger partial charge in [-0.25, -0.2) is 0 Å². The van der Waals surface area contributed by atoms with Crippen molar-refractivity contribution in [3.8, 4) is 0 Å². The van der Waals surface area contributed by atoms with E-state index in [0.29, 0.717) is 10.9 Å². The lowest BCUT2D eigenvalue weighted by molar-refractivity contribution is -0.121. The molecule has 0 radical (unpaired) electrons. The first kappa shape index (κ1) is 14.4. The minimum Gasteiger partial charge on any atom is -0.326 e. The van der Waals surface area contributed by atoms with E-state index in [9.17, 15) is 4.79 Å². The summed E-state index contributed by atoms with van der Waals surface area (Å²) in [5, 5.41) is 3.67. The molecule has 19 heavy (non-hydrogen) atoms. The molecule has 0 aliphatic heterocycles. The molecule has 2 nitrogen and oxygen atoms in total. The summed E-state index contributed by atoms with van der Waals surface area (Å²) in [7, 11) is 0. The Morgan fingerprint density at radius 1 is 1.21 bits per heavy atom. The number of rotatable bonds is 3. The summed E-state index contributed by atoms with van der Waals surface area (Å²) in [5.74, 6) is 1.57. The van der Waals surface area contributed by atoms with Crippen molar-refractivity contribution in [1.82, 2.24) is 0 Å². The van der Waals surface area contributed by atoms with Crippen LogP contribution in [0.15, 0.2) is 24.3 Å². The van der Waals surface area contributed by atoms with Crippen molar-refractivity contribution in [3.05, 3.63) is 29.3 Å². The molecule has 3 heteroatoms. The molecule has 0 heterocycles. The molecule has 1 fully saturated rings. The molecular weight excluding hydrogens is 258 g/mol. The zero-order valence-electron chi connectivity index (χ0n) is 11.7. The van der Waals surface area contributed by atoms with Crippen molar-refractivity contribution >= 4 is 23.2 Å². The molecule has 0 bridgehead atoms. The smallest absolute Gasteiger partial charge is 0.227 e. The Bertz CT molecular complexity index is 421. The Kier molecular flexibility index (Phi) is 4.87. The van der Waals surface area contributed by atoms with E-state index in [4.69, 9.17) is 11.6 Å². The molecule has 1 aromatic carbocycles. The highest BCUT2D eigenvalue weighted by molar-refractivity contribution is 6.30.